The molecule has 1 saturated heterocycles. The molecule has 0 bridgehead atoms. The lowest BCUT2D eigenvalue weighted by molar-refractivity contribution is 0.568. The molecule has 1 aliphatic rings. The van der Waals surface area contributed by atoms with Crippen molar-refractivity contribution < 1.29 is 8.42 Å². The fraction of sp³-hybridized carbons (Fsp3) is 0.417. The maximum absolute atomic E-state index is 11.4. The minimum atomic E-state index is -2.82. The number of fused-ring (bicyclic) bond motifs is 1. The van der Waals surface area contributed by atoms with Crippen molar-refractivity contribution in [2.75, 3.05) is 17.2 Å². The second-order valence-corrected chi connectivity index (χ2v) is 7.10. The summed E-state index contributed by atoms with van der Waals surface area (Å²) >= 11 is 0. The number of anilines is 1. The van der Waals surface area contributed by atoms with Crippen LogP contribution in [0.25, 0.3) is 5.52 Å². The Morgan fingerprint density at radius 2 is 2.33 bits per heavy atom. The predicted molar refractivity (Wildman–Crippen MR) is 70.1 cm³/mol. The Bertz CT molecular complexity index is 690. The molecule has 2 N–H and O–H groups in total. The molecule has 2 aromatic rings. The van der Waals surface area contributed by atoms with Gasteiger partial charge in [0.1, 0.15) is 5.82 Å². The summed E-state index contributed by atoms with van der Waals surface area (Å²) < 4.78 is 24.8. The van der Waals surface area contributed by atoms with Crippen LogP contribution in [0.15, 0.2) is 24.5 Å². The summed E-state index contributed by atoms with van der Waals surface area (Å²) in [5.74, 6) is 1.66. The van der Waals surface area contributed by atoms with Crippen LogP contribution in [0.2, 0.25) is 0 Å². The molecule has 6 heteroatoms. The van der Waals surface area contributed by atoms with E-state index in [1.54, 1.807) is 6.20 Å². The Labute approximate surface area is 106 Å². The summed E-state index contributed by atoms with van der Waals surface area (Å²) in [5.41, 5.74) is 7.44. The van der Waals surface area contributed by atoms with Gasteiger partial charge in [0.05, 0.1) is 28.9 Å². The first-order valence-electron chi connectivity index (χ1n) is 5.96. The van der Waals surface area contributed by atoms with Crippen molar-refractivity contribution in [3.63, 3.8) is 0 Å². The van der Waals surface area contributed by atoms with Crippen LogP contribution >= 0.6 is 0 Å². The molecular weight excluding hydrogens is 250 g/mol. The second-order valence-electron chi connectivity index (χ2n) is 4.87. The number of aromatic nitrogens is 2. The van der Waals surface area contributed by atoms with Gasteiger partial charge >= 0.3 is 0 Å². The Balaban J connectivity index is 1.90. The number of hydrogen-bond acceptors (Lipinski definition) is 4. The SMILES string of the molecule is Nc1cccn2c(CC3CCS(=O)(=O)C3)ncc12. The first kappa shape index (κ1) is 11.5. The van der Waals surface area contributed by atoms with Crippen molar-refractivity contribution in [3.05, 3.63) is 30.4 Å². The minimum Gasteiger partial charge on any atom is -0.397 e. The largest absolute Gasteiger partial charge is 0.397 e. The highest BCUT2D eigenvalue weighted by atomic mass is 32.2. The molecule has 18 heavy (non-hydrogen) atoms. The van der Waals surface area contributed by atoms with Crippen LogP contribution in [0.3, 0.4) is 0 Å². The van der Waals surface area contributed by atoms with Gasteiger partial charge < -0.3 is 10.1 Å². The van der Waals surface area contributed by atoms with Crippen LogP contribution in [-0.2, 0) is 16.3 Å². The predicted octanol–water partition coefficient (Wildman–Crippen LogP) is 0.894. The molecule has 0 radical (unpaired) electrons. The van der Waals surface area contributed by atoms with E-state index in [1.807, 2.05) is 22.7 Å². The first-order valence-corrected chi connectivity index (χ1v) is 7.78. The number of sulfone groups is 1. The Kier molecular flexibility index (Phi) is 2.55. The smallest absolute Gasteiger partial charge is 0.150 e. The molecule has 96 valence electrons. The van der Waals surface area contributed by atoms with Gasteiger partial charge in [-0.2, -0.15) is 0 Å². The topological polar surface area (TPSA) is 77.5 Å². The van der Waals surface area contributed by atoms with E-state index in [0.717, 1.165) is 17.8 Å². The molecule has 0 amide bonds. The summed E-state index contributed by atoms with van der Waals surface area (Å²) in [6.45, 7) is 0. The lowest BCUT2D eigenvalue weighted by atomic mass is 10.1. The quantitative estimate of drug-likeness (QED) is 0.875. The number of pyridine rings is 1. The van der Waals surface area contributed by atoms with E-state index in [-0.39, 0.29) is 11.7 Å². The number of rotatable bonds is 2. The zero-order valence-corrected chi connectivity index (χ0v) is 10.7. The Hall–Kier alpha value is -1.56. The van der Waals surface area contributed by atoms with Crippen LogP contribution in [0, 0.1) is 5.92 Å². The van der Waals surface area contributed by atoms with Crippen molar-refractivity contribution >= 4 is 21.0 Å². The second kappa shape index (κ2) is 3.98. The van der Waals surface area contributed by atoms with Crippen molar-refractivity contribution in [3.8, 4) is 0 Å². The zero-order chi connectivity index (χ0) is 12.8. The zero-order valence-electron chi connectivity index (χ0n) is 9.91. The van der Waals surface area contributed by atoms with Crippen LogP contribution in [0.1, 0.15) is 12.2 Å². The highest BCUT2D eigenvalue weighted by molar-refractivity contribution is 7.91. The summed E-state index contributed by atoms with van der Waals surface area (Å²) in [6, 6.07) is 3.71. The molecule has 0 spiro atoms. The molecule has 0 aliphatic carbocycles. The van der Waals surface area contributed by atoms with Crippen molar-refractivity contribution in [2.24, 2.45) is 5.92 Å². The fourth-order valence-corrected chi connectivity index (χ4v) is 4.40. The van der Waals surface area contributed by atoms with Crippen molar-refractivity contribution in [1.29, 1.82) is 0 Å². The molecule has 1 aliphatic heterocycles. The van der Waals surface area contributed by atoms with Crippen LogP contribution in [0.4, 0.5) is 5.69 Å². The van der Waals surface area contributed by atoms with E-state index in [1.165, 1.54) is 0 Å². The van der Waals surface area contributed by atoms with Gasteiger partial charge in [-0.05, 0) is 24.5 Å². The maximum Gasteiger partial charge on any atom is 0.150 e. The van der Waals surface area contributed by atoms with Gasteiger partial charge in [0.15, 0.2) is 9.84 Å². The molecule has 5 nitrogen and oxygen atoms in total. The standard InChI is InChI=1S/C12H15N3O2S/c13-10-2-1-4-15-11(10)7-14-12(15)6-9-3-5-18(16,17)8-9/h1-2,4,7,9H,3,5-6,8,13H2. The average Bonchev–Trinajstić information content (AvgIpc) is 2.85. The molecule has 0 aromatic carbocycles. The van der Waals surface area contributed by atoms with Gasteiger partial charge in [-0.3, -0.25) is 0 Å². The molecule has 3 heterocycles. The molecule has 3 rings (SSSR count). The van der Waals surface area contributed by atoms with Crippen molar-refractivity contribution in [1.82, 2.24) is 9.38 Å². The van der Waals surface area contributed by atoms with Gasteiger partial charge in [-0.15, -0.1) is 0 Å². The van der Waals surface area contributed by atoms with Gasteiger partial charge in [-0.1, -0.05) is 0 Å². The number of imidazole rings is 1. The minimum absolute atomic E-state index is 0.182. The third-order valence-corrected chi connectivity index (χ3v) is 5.32. The lowest BCUT2D eigenvalue weighted by Crippen LogP contribution is -2.09. The Morgan fingerprint density at radius 3 is 3.06 bits per heavy atom. The molecule has 1 unspecified atom stereocenters. The molecular formula is C12H15N3O2S. The number of nitrogen functional groups attached to an aromatic ring is 1. The highest BCUT2D eigenvalue weighted by Crippen LogP contribution is 2.23. The molecule has 1 fully saturated rings. The molecule has 2 aromatic heterocycles. The monoisotopic (exact) mass is 265 g/mol. The summed E-state index contributed by atoms with van der Waals surface area (Å²) in [5, 5.41) is 0. The van der Waals surface area contributed by atoms with Gasteiger partial charge in [0.25, 0.3) is 0 Å². The molecule has 1 atom stereocenters. The fourth-order valence-electron chi connectivity index (χ4n) is 2.54. The van der Waals surface area contributed by atoms with E-state index < -0.39 is 9.84 Å². The maximum atomic E-state index is 11.4. The van der Waals surface area contributed by atoms with Crippen LogP contribution in [0.5, 0.6) is 0 Å². The van der Waals surface area contributed by atoms with E-state index in [9.17, 15) is 8.42 Å². The number of hydrogen-bond donors (Lipinski definition) is 1. The van der Waals surface area contributed by atoms with Crippen LogP contribution in [-0.4, -0.2) is 29.3 Å². The van der Waals surface area contributed by atoms with Gasteiger partial charge in [0.2, 0.25) is 0 Å². The average molecular weight is 265 g/mol. The summed E-state index contributed by atoms with van der Waals surface area (Å²) in [4.78, 5) is 4.36. The highest BCUT2D eigenvalue weighted by Gasteiger charge is 2.28. The van der Waals surface area contributed by atoms with Gasteiger partial charge in [-0.25, -0.2) is 13.4 Å². The summed E-state index contributed by atoms with van der Waals surface area (Å²) in [7, 11) is -2.82. The van der Waals surface area contributed by atoms with Gasteiger partial charge in [0, 0.05) is 12.6 Å². The third-order valence-electron chi connectivity index (χ3n) is 3.48. The normalized spacial score (nSPS) is 22.6. The summed E-state index contributed by atoms with van der Waals surface area (Å²) in [6.07, 6.45) is 5.09. The number of nitrogens with two attached hydrogens (primary N) is 1. The first-order chi connectivity index (χ1) is 8.55. The van der Waals surface area contributed by atoms with Crippen LogP contribution < -0.4 is 5.73 Å². The van der Waals surface area contributed by atoms with E-state index in [4.69, 9.17) is 5.73 Å². The van der Waals surface area contributed by atoms with E-state index in [0.29, 0.717) is 17.9 Å². The lowest BCUT2D eigenvalue weighted by Gasteiger charge is -2.07. The van der Waals surface area contributed by atoms with E-state index in [2.05, 4.69) is 4.98 Å². The third kappa shape index (κ3) is 1.96. The molecule has 0 saturated carbocycles. The van der Waals surface area contributed by atoms with E-state index >= 15 is 0 Å². The number of nitrogens with zero attached hydrogens (tertiary/aromatic N) is 2. The Morgan fingerprint density at radius 1 is 1.50 bits per heavy atom. The van der Waals surface area contributed by atoms with Crippen molar-refractivity contribution in [2.45, 2.75) is 12.8 Å².